The molecule has 0 radical (unpaired) electrons. The molecule has 0 aromatic heterocycles. The Morgan fingerprint density at radius 1 is 1.12 bits per heavy atom. The number of benzene rings is 1. The van der Waals surface area contributed by atoms with Gasteiger partial charge in [-0.3, -0.25) is 0 Å². The molecule has 0 spiro atoms. The van der Waals surface area contributed by atoms with Crippen LogP contribution in [-0.4, -0.2) is 5.67 Å². The number of hydrogen-bond donors (Lipinski definition) is 0. The minimum absolute atomic E-state index is 0.300. The zero-order chi connectivity index (χ0) is 12.3. The van der Waals surface area contributed by atoms with E-state index >= 15 is 0 Å². The predicted molar refractivity (Wildman–Crippen MR) is 61.9 cm³/mol. The molecule has 1 nitrogen and oxygen atoms in total. The van der Waals surface area contributed by atoms with E-state index in [1.54, 1.807) is 0 Å². The molecule has 17 heavy (non-hydrogen) atoms. The van der Waals surface area contributed by atoms with Crippen LogP contribution in [0, 0.1) is 11.3 Å². The van der Waals surface area contributed by atoms with Gasteiger partial charge in [0.15, 0.2) is 6.17 Å². The van der Waals surface area contributed by atoms with Crippen molar-refractivity contribution in [3.05, 3.63) is 35.4 Å². The van der Waals surface area contributed by atoms with E-state index in [-0.39, 0.29) is 0 Å². The minimum atomic E-state index is -1.72. The van der Waals surface area contributed by atoms with E-state index in [9.17, 15) is 8.78 Å². The summed E-state index contributed by atoms with van der Waals surface area (Å²) < 4.78 is 28.6. The van der Waals surface area contributed by atoms with Crippen molar-refractivity contribution in [3.63, 3.8) is 0 Å². The van der Waals surface area contributed by atoms with Gasteiger partial charge in [-0.2, -0.15) is 5.26 Å². The molecule has 90 valence electrons. The molecule has 1 aromatic rings. The van der Waals surface area contributed by atoms with Crippen molar-refractivity contribution in [1.82, 2.24) is 0 Å². The molecular formula is C14H15F2N. The summed E-state index contributed by atoms with van der Waals surface area (Å²) in [6.07, 6.45) is 1.53. The molecule has 1 saturated carbocycles. The number of nitrogens with zero attached hydrogens (tertiary/aromatic N) is 1. The second-order valence-corrected chi connectivity index (χ2v) is 4.69. The van der Waals surface area contributed by atoms with Gasteiger partial charge in [-0.25, -0.2) is 8.78 Å². The third kappa shape index (κ3) is 2.46. The summed E-state index contributed by atoms with van der Waals surface area (Å²) in [5, 5.41) is 8.65. The van der Waals surface area contributed by atoms with Crippen LogP contribution in [0.1, 0.15) is 49.4 Å². The molecule has 0 heterocycles. The summed E-state index contributed by atoms with van der Waals surface area (Å²) in [6, 6.07) is 8.06. The van der Waals surface area contributed by atoms with Crippen molar-refractivity contribution in [3.8, 4) is 6.07 Å². The van der Waals surface area contributed by atoms with Gasteiger partial charge in [0.1, 0.15) is 5.67 Å². The molecule has 1 aliphatic carbocycles. The highest BCUT2D eigenvalue weighted by Crippen LogP contribution is 2.43. The van der Waals surface area contributed by atoms with E-state index < -0.39 is 11.8 Å². The largest absolute Gasteiger partial charge is 0.240 e. The summed E-state index contributed by atoms with van der Waals surface area (Å²) in [5.41, 5.74) is -0.905. The van der Waals surface area contributed by atoms with Gasteiger partial charge in [0.2, 0.25) is 0 Å². The van der Waals surface area contributed by atoms with Gasteiger partial charge in [-0.15, -0.1) is 0 Å². The lowest BCUT2D eigenvalue weighted by molar-refractivity contribution is 0.0138. The first-order valence-corrected chi connectivity index (χ1v) is 5.99. The number of nitriles is 1. The Hall–Kier alpha value is -1.43. The first-order chi connectivity index (χ1) is 8.15. The van der Waals surface area contributed by atoms with Crippen molar-refractivity contribution in [1.29, 1.82) is 5.26 Å². The van der Waals surface area contributed by atoms with Gasteiger partial charge in [0.25, 0.3) is 0 Å². The fourth-order valence-corrected chi connectivity index (χ4v) is 2.42. The van der Waals surface area contributed by atoms with E-state index in [0.29, 0.717) is 24.0 Å². The van der Waals surface area contributed by atoms with Gasteiger partial charge in [0, 0.05) is 0 Å². The van der Waals surface area contributed by atoms with Crippen LogP contribution in [0.15, 0.2) is 24.3 Å². The lowest BCUT2D eigenvalue weighted by Gasteiger charge is -2.32. The molecule has 0 saturated heterocycles. The highest BCUT2D eigenvalue weighted by Gasteiger charge is 2.41. The molecule has 0 amide bonds. The highest BCUT2D eigenvalue weighted by molar-refractivity contribution is 5.33. The normalized spacial score (nSPS) is 20.5. The molecule has 1 unspecified atom stereocenters. The van der Waals surface area contributed by atoms with Crippen molar-refractivity contribution >= 4 is 0 Å². The fourth-order valence-electron chi connectivity index (χ4n) is 2.42. The Bertz CT molecular complexity index is 413. The number of halogens is 2. The Kier molecular flexibility index (Phi) is 3.42. The smallest absolute Gasteiger partial charge is 0.159 e. The first-order valence-electron chi connectivity index (χ1n) is 5.99. The van der Waals surface area contributed by atoms with Crippen LogP contribution < -0.4 is 0 Å². The zero-order valence-electron chi connectivity index (χ0n) is 9.63. The summed E-state index contributed by atoms with van der Waals surface area (Å²) in [6.45, 7) is 0. The van der Waals surface area contributed by atoms with E-state index in [1.807, 2.05) is 6.07 Å². The maximum atomic E-state index is 14.4. The van der Waals surface area contributed by atoms with Gasteiger partial charge in [0.05, 0.1) is 11.6 Å². The second-order valence-electron chi connectivity index (χ2n) is 4.69. The van der Waals surface area contributed by atoms with E-state index in [0.717, 1.165) is 19.3 Å². The maximum Gasteiger partial charge on any atom is 0.159 e. The molecule has 1 aliphatic rings. The standard InChI is InChI=1S/C14H15F2N/c15-13(14(16)8-2-1-3-9-14)12-6-4-11(10-17)5-7-12/h4-7,13H,1-3,8-9H2. The van der Waals surface area contributed by atoms with Gasteiger partial charge >= 0.3 is 0 Å². The Balaban J connectivity index is 2.18. The van der Waals surface area contributed by atoms with Crippen molar-refractivity contribution in [2.75, 3.05) is 0 Å². The quantitative estimate of drug-likeness (QED) is 0.752. The van der Waals surface area contributed by atoms with Gasteiger partial charge < -0.3 is 0 Å². The molecule has 0 bridgehead atoms. The molecule has 0 aliphatic heterocycles. The molecule has 1 aromatic carbocycles. The van der Waals surface area contributed by atoms with Crippen LogP contribution in [0.2, 0.25) is 0 Å². The average Bonchev–Trinajstić information content (AvgIpc) is 2.39. The number of alkyl halides is 2. The van der Waals surface area contributed by atoms with Crippen LogP contribution >= 0.6 is 0 Å². The number of rotatable bonds is 2. The van der Waals surface area contributed by atoms with Crippen molar-refractivity contribution in [2.24, 2.45) is 0 Å². The summed E-state index contributed by atoms with van der Waals surface area (Å²) in [7, 11) is 0. The SMILES string of the molecule is N#Cc1ccc(C(F)C2(F)CCCCC2)cc1. The molecule has 1 fully saturated rings. The summed E-state index contributed by atoms with van der Waals surface area (Å²) >= 11 is 0. The first kappa shape index (κ1) is 12.0. The van der Waals surface area contributed by atoms with E-state index in [4.69, 9.17) is 5.26 Å². The Morgan fingerprint density at radius 2 is 1.71 bits per heavy atom. The maximum absolute atomic E-state index is 14.4. The molecule has 2 rings (SSSR count). The lowest BCUT2D eigenvalue weighted by atomic mass is 9.80. The van der Waals surface area contributed by atoms with Crippen LogP contribution in [0.5, 0.6) is 0 Å². The minimum Gasteiger partial charge on any atom is -0.240 e. The van der Waals surface area contributed by atoms with E-state index in [1.165, 1.54) is 24.3 Å². The predicted octanol–water partition coefficient (Wildman–Crippen LogP) is 4.24. The molecule has 1 atom stereocenters. The van der Waals surface area contributed by atoms with Crippen LogP contribution in [0.3, 0.4) is 0 Å². The monoisotopic (exact) mass is 235 g/mol. The summed E-state index contributed by atoms with van der Waals surface area (Å²) in [4.78, 5) is 0. The second kappa shape index (κ2) is 4.83. The van der Waals surface area contributed by atoms with Crippen LogP contribution in [0.4, 0.5) is 8.78 Å². The highest BCUT2D eigenvalue weighted by atomic mass is 19.2. The van der Waals surface area contributed by atoms with Crippen molar-refractivity contribution < 1.29 is 8.78 Å². The molecular weight excluding hydrogens is 220 g/mol. The lowest BCUT2D eigenvalue weighted by Crippen LogP contribution is -2.31. The molecule has 0 N–H and O–H groups in total. The Labute approximate surface area is 100 Å². The fraction of sp³-hybridized carbons (Fsp3) is 0.500. The third-order valence-electron chi connectivity index (χ3n) is 3.47. The zero-order valence-corrected chi connectivity index (χ0v) is 9.63. The van der Waals surface area contributed by atoms with E-state index in [2.05, 4.69) is 0 Å². The Morgan fingerprint density at radius 3 is 2.24 bits per heavy atom. The van der Waals surface area contributed by atoms with Gasteiger partial charge in [-0.1, -0.05) is 31.4 Å². The average molecular weight is 235 g/mol. The van der Waals surface area contributed by atoms with Crippen LogP contribution in [0.25, 0.3) is 0 Å². The topological polar surface area (TPSA) is 23.8 Å². The third-order valence-corrected chi connectivity index (χ3v) is 3.47. The molecule has 3 heteroatoms. The van der Waals surface area contributed by atoms with Gasteiger partial charge in [-0.05, 0) is 30.5 Å². The van der Waals surface area contributed by atoms with Crippen LogP contribution in [-0.2, 0) is 0 Å². The van der Waals surface area contributed by atoms with Crippen molar-refractivity contribution in [2.45, 2.75) is 43.9 Å². The number of hydrogen-bond acceptors (Lipinski definition) is 1. The summed E-state index contributed by atoms with van der Waals surface area (Å²) in [5.74, 6) is 0.